The van der Waals surface area contributed by atoms with Gasteiger partial charge >= 0.3 is 0 Å². The summed E-state index contributed by atoms with van der Waals surface area (Å²) in [6.45, 7) is 6.02. The molecule has 15 heavy (non-hydrogen) atoms. The van der Waals surface area contributed by atoms with E-state index in [1.165, 1.54) is 0 Å². The van der Waals surface area contributed by atoms with Gasteiger partial charge in [0.15, 0.2) is 0 Å². The summed E-state index contributed by atoms with van der Waals surface area (Å²) in [4.78, 5) is 23.0. The maximum absolute atomic E-state index is 11.5. The second-order valence-electron chi connectivity index (χ2n) is 3.87. The molecule has 0 radical (unpaired) electrons. The largest absolute Gasteiger partial charge is 0.354 e. The number of carbonyl (C=O) groups excluding carboxylic acids is 2. The van der Waals surface area contributed by atoms with Crippen molar-refractivity contribution >= 4 is 11.8 Å². The number of hydrogen-bond acceptors (Lipinski definition) is 2. The molecule has 2 amide bonds. The van der Waals surface area contributed by atoms with Crippen LogP contribution in [0.3, 0.4) is 0 Å². The Hall–Kier alpha value is -1.32. The van der Waals surface area contributed by atoms with E-state index < -0.39 is 0 Å². The van der Waals surface area contributed by atoms with Crippen molar-refractivity contribution in [1.82, 2.24) is 10.6 Å². The van der Waals surface area contributed by atoms with Crippen molar-refractivity contribution in [3.8, 4) is 0 Å². The summed E-state index contributed by atoms with van der Waals surface area (Å²) >= 11 is 0. The molecule has 1 rings (SSSR count). The summed E-state index contributed by atoms with van der Waals surface area (Å²) in [5.74, 6) is -0.454. The van der Waals surface area contributed by atoms with E-state index in [0.29, 0.717) is 6.54 Å². The van der Waals surface area contributed by atoms with Crippen molar-refractivity contribution < 1.29 is 9.59 Å². The van der Waals surface area contributed by atoms with Crippen molar-refractivity contribution in [1.29, 1.82) is 0 Å². The fourth-order valence-electron chi connectivity index (χ4n) is 1.49. The van der Waals surface area contributed by atoms with Crippen LogP contribution < -0.4 is 10.6 Å². The summed E-state index contributed by atoms with van der Waals surface area (Å²) in [5, 5.41) is 5.51. The van der Waals surface area contributed by atoms with Gasteiger partial charge in [0, 0.05) is 6.54 Å². The second kappa shape index (κ2) is 5.53. The molecular formula is C11H18N2O2. The molecule has 2 N–H and O–H groups in total. The molecule has 1 saturated heterocycles. The smallest absolute Gasteiger partial charge is 0.242 e. The molecule has 4 heteroatoms. The Labute approximate surface area is 90.1 Å². The van der Waals surface area contributed by atoms with Crippen LogP contribution in [0.25, 0.3) is 0 Å². The number of rotatable bonds is 3. The Balaban J connectivity index is 2.51. The monoisotopic (exact) mass is 210 g/mol. The van der Waals surface area contributed by atoms with E-state index in [0.717, 1.165) is 19.3 Å². The first kappa shape index (κ1) is 11.8. The predicted molar refractivity (Wildman–Crippen MR) is 58.2 cm³/mol. The van der Waals surface area contributed by atoms with Gasteiger partial charge in [-0.3, -0.25) is 9.59 Å². The minimum absolute atomic E-state index is 0.0721. The first-order valence-corrected chi connectivity index (χ1v) is 5.36. The lowest BCUT2D eigenvalue weighted by atomic mass is 10.1. The van der Waals surface area contributed by atoms with Gasteiger partial charge in [-0.25, -0.2) is 0 Å². The number of hydrogen-bond donors (Lipinski definition) is 2. The van der Waals surface area contributed by atoms with Crippen molar-refractivity contribution in [2.75, 3.05) is 6.54 Å². The average Bonchev–Trinajstić information content (AvgIpc) is 2.43. The lowest BCUT2D eigenvalue weighted by molar-refractivity contribution is -0.129. The SMILES string of the molecule is C=CC(C)C(=O)NC1CCCCNC1=O. The zero-order valence-electron chi connectivity index (χ0n) is 9.08. The number of nitrogens with one attached hydrogen (secondary N) is 2. The maximum atomic E-state index is 11.5. The minimum Gasteiger partial charge on any atom is -0.354 e. The van der Waals surface area contributed by atoms with Gasteiger partial charge in [-0.1, -0.05) is 13.0 Å². The van der Waals surface area contributed by atoms with Gasteiger partial charge in [0.25, 0.3) is 0 Å². The molecule has 1 aliphatic rings. The van der Waals surface area contributed by atoms with Crippen LogP contribution in [-0.2, 0) is 9.59 Å². The normalized spacial score (nSPS) is 23.5. The standard InChI is InChI=1S/C11H18N2O2/c1-3-8(2)10(14)13-9-6-4-5-7-12-11(9)15/h3,8-9H,1,4-7H2,2H3,(H,12,15)(H,13,14). The van der Waals surface area contributed by atoms with Gasteiger partial charge < -0.3 is 10.6 Å². The Morgan fingerprint density at radius 1 is 1.67 bits per heavy atom. The van der Waals surface area contributed by atoms with E-state index in [4.69, 9.17) is 0 Å². The van der Waals surface area contributed by atoms with Crippen molar-refractivity contribution in [3.63, 3.8) is 0 Å². The van der Waals surface area contributed by atoms with Crippen LogP contribution >= 0.6 is 0 Å². The quantitative estimate of drug-likeness (QED) is 0.670. The zero-order chi connectivity index (χ0) is 11.3. The summed E-state index contributed by atoms with van der Waals surface area (Å²) in [5.41, 5.74) is 0. The highest BCUT2D eigenvalue weighted by molar-refractivity contribution is 5.89. The van der Waals surface area contributed by atoms with Crippen LogP contribution in [0.1, 0.15) is 26.2 Å². The van der Waals surface area contributed by atoms with E-state index in [1.54, 1.807) is 13.0 Å². The van der Waals surface area contributed by atoms with Gasteiger partial charge in [-0.05, 0) is 19.3 Å². The molecule has 0 aromatic rings. The summed E-state index contributed by atoms with van der Waals surface area (Å²) in [7, 11) is 0. The van der Waals surface area contributed by atoms with Crippen LogP contribution in [0.2, 0.25) is 0 Å². The molecule has 0 saturated carbocycles. The van der Waals surface area contributed by atoms with Crippen LogP contribution in [-0.4, -0.2) is 24.4 Å². The van der Waals surface area contributed by atoms with Gasteiger partial charge in [0.1, 0.15) is 6.04 Å². The van der Waals surface area contributed by atoms with Crippen molar-refractivity contribution in [2.45, 2.75) is 32.2 Å². The summed E-state index contributed by atoms with van der Waals surface area (Å²) in [6, 6.07) is -0.373. The zero-order valence-corrected chi connectivity index (χ0v) is 9.08. The average molecular weight is 210 g/mol. The lowest BCUT2D eigenvalue weighted by Gasteiger charge is -2.16. The van der Waals surface area contributed by atoms with E-state index >= 15 is 0 Å². The van der Waals surface area contributed by atoms with Gasteiger partial charge in [0.05, 0.1) is 5.92 Å². The molecule has 1 fully saturated rings. The van der Waals surface area contributed by atoms with Gasteiger partial charge in [-0.2, -0.15) is 0 Å². The predicted octanol–water partition coefficient (Wildman–Crippen LogP) is 0.593. The molecule has 0 aromatic heterocycles. The summed E-state index contributed by atoms with van der Waals surface area (Å²) in [6.07, 6.45) is 4.24. The van der Waals surface area contributed by atoms with Crippen LogP contribution in [0.4, 0.5) is 0 Å². The molecule has 4 nitrogen and oxygen atoms in total. The molecule has 84 valence electrons. The van der Waals surface area contributed by atoms with Crippen molar-refractivity contribution in [2.24, 2.45) is 5.92 Å². The fraction of sp³-hybridized carbons (Fsp3) is 0.636. The Morgan fingerprint density at radius 3 is 3.07 bits per heavy atom. The summed E-state index contributed by atoms with van der Waals surface area (Å²) < 4.78 is 0. The van der Waals surface area contributed by atoms with Gasteiger partial charge in [-0.15, -0.1) is 6.58 Å². The third kappa shape index (κ3) is 3.38. The third-order valence-electron chi connectivity index (χ3n) is 2.62. The molecule has 1 aliphatic heterocycles. The first-order valence-electron chi connectivity index (χ1n) is 5.36. The van der Waals surface area contributed by atoms with E-state index in [2.05, 4.69) is 17.2 Å². The lowest BCUT2D eigenvalue weighted by Crippen LogP contribution is -2.46. The van der Waals surface area contributed by atoms with E-state index in [1.807, 2.05) is 0 Å². The molecule has 2 unspecified atom stereocenters. The molecule has 0 spiro atoms. The Morgan fingerprint density at radius 2 is 2.40 bits per heavy atom. The van der Waals surface area contributed by atoms with Crippen LogP contribution in [0.5, 0.6) is 0 Å². The first-order chi connectivity index (χ1) is 7.15. The van der Waals surface area contributed by atoms with Crippen LogP contribution in [0, 0.1) is 5.92 Å². The van der Waals surface area contributed by atoms with E-state index in [9.17, 15) is 9.59 Å². The number of amides is 2. The fourth-order valence-corrected chi connectivity index (χ4v) is 1.49. The molecule has 0 aromatic carbocycles. The Kier molecular flexibility index (Phi) is 4.34. The second-order valence-corrected chi connectivity index (χ2v) is 3.87. The van der Waals surface area contributed by atoms with Gasteiger partial charge in [0.2, 0.25) is 11.8 Å². The maximum Gasteiger partial charge on any atom is 0.242 e. The van der Waals surface area contributed by atoms with E-state index in [-0.39, 0.29) is 23.8 Å². The van der Waals surface area contributed by atoms with Crippen LogP contribution in [0.15, 0.2) is 12.7 Å². The highest BCUT2D eigenvalue weighted by Crippen LogP contribution is 2.06. The van der Waals surface area contributed by atoms with Crippen molar-refractivity contribution in [3.05, 3.63) is 12.7 Å². The number of carbonyl (C=O) groups is 2. The molecule has 0 bridgehead atoms. The highest BCUT2D eigenvalue weighted by atomic mass is 16.2. The third-order valence-corrected chi connectivity index (χ3v) is 2.62. The molecule has 2 atom stereocenters. The molecule has 1 heterocycles. The highest BCUT2D eigenvalue weighted by Gasteiger charge is 2.23. The molecular weight excluding hydrogens is 192 g/mol. The minimum atomic E-state index is -0.373. The molecule has 0 aliphatic carbocycles. The Bertz CT molecular complexity index is 263. The topological polar surface area (TPSA) is 58.2 Å².